The van der Waals surface area contributed by atoms with E-state index in [1.807, 2.05) is 0 Å². The molecule has 110 valence electrons. The zero-order valence-corrected chi connectivity index (χ0v) is 11.7. The van der Waals surface area contributed by atoms with Crippen LogP contribution < -0.4 is 0 Å². The van der Waals surface area contributed by atoms with E-state index in [1.54, 1.807) is 60.7 Å². The minimum absolute atomic E-state index is 0.107. The summed E-state index contributed by atoms with van der Waals surface area (Å²) in [4.78, 5) is 0. The van der Waals surface area contributed by atoms with E-state index in [0.717, 1.165) is 18.2 Å². The summed E-state index contributed by atoms with van der Waals surface area (Å²) in [5.74, 6) is -1.25. The van der Waals surface area contributed by atoms with Crippen molar-refractivity contribution in [3.63, 3.8) is 0 Å². The van der Waals surface area contributed by atoms with Gasteiger partial charge in [0.15, 0.2) is 0 Å². The molecule has 0 aliphatic heterocycles. The van der Waals surface area contributed by atoms with E-state index in [4.69, 9.17) is 0 Å². The number of benzene rings is 3. The molecule has 0 saturated carbocycles. The van der Waals surface area contributed by atoms with Gasteiger partial charge in [-0.2, -0.15) is 0 Å². The van der Waals surface area contributed by atoms with E-state index in [0.29, 0.717) is 11.1 Å². The molecule has 3 aromatic carbocycles. The summed E-state index contributed by atoms with van der Waals surface area (Å²) < 4.78 is 27.9. The van der Waals surface area contributed by atoms with Crippen molar-refractivity contribution < 1.29 is 13.9 Å². The van der Waals surface area contributed by atoms with Gasteiger partial charge in [0, 0.05) is 5.56 Å². The second kappa shape index (κ2) is 5.70. The van der Waals surface area contributed by atoms with Crippen LogP contribution in [0.5, 0.6) is 0 Å². The maximum atomic E-state index is 14.3. The largest absolute Gasteiger partial charge is 0.376 e. The van der Waals surface area contributed by atoms with Crippen LogP contribution in [0.25, 0.3) is 0 Å². The van der Waals surface area contributed by atoms with Crippen molar-refractivity contribution in [1.29, 1.82) is 0 Å². The molecule has 1 nitrogen and oxygen atoms in total. The Morgan fingerprint density at radius 1 is 0.682 bits per heavy atom. The van der Waals surface area contributed by atoms with Gasteiger partial charge in [0.25, 0.3) is 0 Å². The molecule has 0 spiro atoms. The molecule has 1 N–H and O–H groups in total. The second-order valence-electron chi connectivity index (χ2n) is 5.07. The molecule has 0 atom stereocenters. The Labute approximate surface area is 127 Å². The number of hydrogen-bond donors (Lipinski definition) is 1. The smallest absolute Gasteiger partial charge is 0.143 e. The van der Waals surface area contributed by atoms with Gasteiger partial charge in [0.2, 0.25) is 0 Å². The zero-order chi connectivity index (χ0) is 15.6. The highest BCUT2D eigenvalue weighted by Gasteiger charge is 2.36. The molecule has 0 fully saturated rings. The number of rotatable bonds is 3. The molecule has 3 aromatic rings. The summed E-state index contributed by atoms with van der Waals surface area (Å²) in [6.45, 7) is 0. The first-order chi connectivity index (χ1) is 10.6. The highest BCUT2D eigenvalue weighted by molar-refractivity contribution is 5.47. The molecular weight excluding hydrogens is 282 g/mol. The third-order valence-corrected chi connectivity index (χ3v) is 3.70. The van der Waals surface area contributed by atoms with Crippen molar-refractivity contribution in [2.24, 2.45) is 0 Å². The van der Waals surface area contributed by atoms with Crippen LogP contribution in [-0.2, 0) is 5.60 Å². The Morgan fingerprint density at radius 3 is 1.68 bits per heavy atom. The van der Waals surface area contributed by atoms with Gasteiger partial charge in [-0.05, 0) is 29.3 Å². The third kappa shape index (κ3) is 2.40. The number of aliphatic hydroxyl groups is 1. The zero-order valence-electron chi connectivity index (χ0n) is 11.7. The lowest BCUT2D eigenvalue weighted by molar-refractivity contribution is 0.121. The molecule has 3 heteroatoms. The van der Waals surface area contributed by atoms with Crippen molar-refractivity contribution in [1.82, 2.24) is 0 Å². The summed E-state index contributed by atoms with van der Waals surface area (Å²) in [6, 6.07) is 20.5. The fraction of sp³-hybridized carbons (Fsp3) is 0.0526. The maximum absolute atomic E-state index is 14.3. The molecule has 0 saturated heterocycles. The van der Waals surface area contributed by atoms with E-state index < -0.39 is 17.2 Å². The van der Waals surface area contributed by atoms with Gasteiger partial charge >= 0.3 is 0 Å². The average molecular weight is 296 g/mol. The van der Waals surface area contributed by atoms with E-state index in [-0.39, 0.29) is 5.56 Å². The van der Waals surface area contributed by atoms with Crippen molar-refractivity contribution in [3.8, 4) is 0 Å². The van der Waals surface area contributed by atoms with Crippen molar-refractivity contribution in [2.75, 3.05) is 0 Å². The Bertz CT molecular complexity index is 730. The van der Waals surface area contributed by atoms with Gasteiger partial charge in [0.1, 0.15) is 17.2 Å². The van der Waals surface area contributed by atoms with Gasteiger partial charge in [0.05, 0.1) is 0 Å². The first kappa shape index (κ1) is 14.4. The van der Waals surface area contributed by atoms with Gasteiger partial charge in [-0.15, -0.1) is 0 Å². The fourth-order valence-electron chi connectivity index (χ4n) is 2.61. The van der Waals surface area contributed by atoms with Gasteiger partial charge in [-0.1, -0.05) is 60.7 Å². The highest BCUT2D eigenvalue weighted by atomic mass is 19.1. The van der Waals surface area contributed by atoms with Crippen LogP contribution in [0.1, 0.15) is 16.7 Å². The molecule has 3 rings (SSSR count). The maximum Gasteiger partial charge on any atom is 0.143 e. The summed E-state index contributed by atoms with van der Waals surface area (Å²) in [5, 5.41) is 11.3. The Hall–Kier alpha value is -2.52. The topological polar surface area (TPSA) is 20.2 Å². The van der Waals surface area contributed by atoms with E-state index in [2.05, 4.69) is 0 Å². The predicted octanol–water partition coefficient (Wildman–Crippen LogP) is 4.25. The van der Waals surface area contributed by atoms with Crippen LogP contribution in [0.3, 0.4) is 0 Å². The molecule has 0 bridgehead atoms. The first-order valence-electron chi connectivity index (χ1n) is 6.91. The molecule has 0 aliphatic carbocycles. The first-order valence-corrected chi connectivity index (χ1v) is 6.91. The normalized spacial score (nSPS) is 11.4. The summed E-state index contributed by atoms with van der Waals surface area (Å²) in [6.07, 6.45) is 0. The molecule has 0 aromatic heterocycles. The van der Waals surface area contributed by atoms with Crippen LogP contribution in [0.4, 0.5) is 8.78 Å². The van der Waals surface area contributed by atoms with E-state index in [1.165, 1.54) is 0 Å². The molecule has 0 unspecified atom stereocenters. The fourth-order valence-corrected chi connectivity index (χ4v) is 2.61. The second-order valence-corrected chi connectivity index (χ2v) is 5.07. The lowest BCUT2D eigenvalue weighted by Gasteiger charge is -2.30. The SMILES string of the molecule is OC(c1ccccc1)(c1ccccc1)c1cc(F)ccc1F. The van der Waals surface area contributed by atoms with Crippen molar-refractivity contribution in [2.45, 2.75) is 5.60 Å². The van der Waals surface area contributed by atoms with E-state index >= 15 is 0 Å². The Kier molecular flexibility index (Phi) is 3.73. The molecule has 22 heavy (non-hydrogen) atoms. The van der Waals surface area contributed by atoms with Gasteiger partial charge < -0.3 is 5.11 Å². The van der Waals surface area contributed by atoms with E-state index in [9.17, 15) is 13.9 Å². The number of halogens is 2. The lowest BCUT2D eigenvalue weighted by atomic mass is 9.80. The summed E-state index contributed by atoms with van der Waals surface area (Å²) in [5.41, 5.74) is -0.907. The Balaban J connectivity index is 2.31. The predicted molar refractivity (Wildman–Crippen MR) is 81.3 cm³/mol. The summed E-state index contributed by atoms with van der Waals surface area (Å²) >= 11 is 0. The van der Waals surface area contributed by atoms with Gasteiger partial charge in [-0.25, -0.2) is 8.78 Å². The van der Waals surface area contributed by atoms with Gasteiger partial charge in [-0.3, -0.25) is 0 Å². The minimum atomic E-state index is -1.76. The standard InChI is InChI=1S/C19H14F2O/c20-16-11-12-18(21)17(13-16)19(22,14-7-3-1-4-8-14)15-9-5-2-6-10-15/h1-13,22H. The third-order valence-electron chi connectivity index (χ3n) is 3.70. The van der Waals surface area contributed by atoms with Crippen LogP contribution in [-0.4, -0.2) is 5.11 Å². The lowest BCUT2D eigenvalue weighted by Crippen LogP contribution is -2.30. The summed E-state index contributed by atoms with van der Waals surface area (Å²) in [7, 11) is 0. The molecule has 0 radical (unpaired) electrons. The van der Waals surface area contributed by atoms with Crippen molar-refractivity contribution >= 4 is 0 Å². The molecule has 0 aliphatic rings. The highest BCUT2D eigenvalue weighted by Crippen LogP contribution is 2.37. The molecule has 0 amide bonds. The average Bonchev–Trinajstić information content (AvgIpc) is 2.58. The molecular formula is C19H14F2O. The van der Waals surface area contributed by atoms with Crippen LogP contribution in [0.2, 0.25) is 0 Å². The van der Waals surface area contributed by atoms with Crippen LogP contribution in [0, 0.1) is 11.6 Å². The van der Waals surface area contributed by atoms with Crippen LogP contribution in [0.15, 0.2) is 78.9 Å². The Morgan fingerprint density at radius 2 is 1.18 bits per heavy atom. The van der Waals surface area contributed by atoms with Crippen LogP contribution >= 0.6 is 0 Å². The monoisotopic (exact) mass is 296 g/mol. The van der Waals surface area contributed by atoms with Crippen molar-refractivity contribution in [3.05, 3.63) is 107 Å². The quantitative estimate of drug-likeness (QED) is 0.716. The number of hydrogen-bond acceptors (Lipinski definition) is 1. The minimum Gasteiger partial charge on any atom is -0.376 e. The molecule has 0 heterocycles.